The summed E-state index contributed by atoms with van der Waals surface area (Å²) in [4.78, 5) is 38.9. The summed E-state index contributed by atoms with van der Waals surface area (Å²) in [6.45, 7) is 6.15. The second-order valence-electron chi connectivity index (χ2n) is 10.8. The van der Waals surface area contributed by atoms with Gasteiger partial charge >= 0.3 is 6.18 Å². The zero-order chi connectivity index (χ0) is 29.6. The van der Waals surface area contributed by atoms with Gasteiger partial charge in [0.05, 0.1) is 0 Å². The molecule has 3 aromatic rings. The number of alkyl halides is 3. The molecule has 218 valence electrons. The molecule has 0 saturated carbocycles. The van der Waals surface area contributed by atoms with Crippen molar-refractivity contribution >= 4 is 11.8 Å². The van der Waals surface area contributed by atoms with Gasteiger partial charge in [-0.25, -0.2) is 9.97 Å². The number of piperazine rings is 1. The standard InChI is InChI=1S/C31H36F3N5O2/c1-21(2)30(41)39-22(3)19-38(26(14-15-31(32,33)34)24-8-5-4-6-9-24)20-27(39)29(40)37-18-23-10-12-25(13-11-23)28-35-16-7-17-36-28/h4-13,16-17,21-22,26-27H,14-15,18-20H2,1-3H3,(H,37,40)/t22-,26-,27-/m1/s1. The summed E-state index contributed by atoms with van der Waals surface area (Å²) in [6, 6.07) is 16.6. The zero-order valence-corrected chi connectivity index (χ0v) is 23.5. The lowest BCUT2D eigenvalue weighted by Gasteiger charge is -2.48. The predicted octanol–water partition coefficient (Wildman–Crippen LogP) is 5.40. The summed E-state index contributed by atoms with van der Waals surface area (Å²) in [5.74, 6) is -0.229. The molecular formula is C31H36F3N5O2. The normalized spacial score (nSPS) is 18.8. The number of halogens is 3. The van der Waals surface area contributed by atoms with Crippen molar-refractivity contribution in [3.8, 4) is 11.4 Å². The molecular weight excluding hydrogens is 531 g/mol. The SMILES string of the molecule is CC(C)C(=O)N1[C@H](C)CN([C@H](CCC(F)(F)F)c2ccccc2)C[C@@H]1C(=O)NCc1ccc(-c2ncccn2)cc1. The van der Waals surface area contributed by atoms with E-state index in [9.17, 15) is 22.8 Å². The molecule has 0 spiro atoms. The summed E-state index contributed by atoms with van der Waals surface area (Å²) < 4.78 is 39.8. The average molecular weight is 568 g/mol. The number of nitrogens with zero attached hydrogens (tertiary/aromatic N) is 4. The van der Waals surface area contributed by atoms with Gasteiger partial charge in [-0.2, -0.15) is 13.2 Å². The van der Waals surface area contributed by atoms with Crippen LogP contribution in [0.15, 0.2) is 73.1 Å². The van der Waals surface area contributed by atoms with Crippen LogP contribution in [0.3, 0.4) is 0 Å². The van der Waals surface area contributed by atoms with E-state index in [1.807, 2.05) is 54.3 Å². The number of hydrogen-bond donors (Lipinski definition) is 1. The molecule has 0 unspecified atom stereocenters. The predicted molar refractivity (Wildman–Crippen MR) is 150 cm³/mol. The largest absolute Gasteiger partial charge is 0.389 e. The van der Waals surface area contributed by atoms with Crippen LogP contribution in [0, 0.1) is 5.92 Å². The van der Waals surface area contributed by atoms with Crippen molar-refractivity contribution in [1.29, 1.82) is 0 Å². The van der Waals surface area contributed by atoms with Crippen LogP contribution in [0.25, 0.3) is 11.4 Å². The number of benzene rings is 2. The van der Waals surface area contributed by atoms with Gasteiger partial charge in [-0.1, -0.05) is 68.4 Å². The van der Waals surface area contributed by atoms with Crippen molar-refractivity contribution in [2.45, 2.75) is 64.5 Å². The number of carbonyl (C=O) groups excluding carboxylic acids is 2. The zero-order valence-electron chi connectivity index (χ0n) is 23.5. The van der Waals surface area contributed by atoms with E-state index in [1.54, 1.807) is 49.3 Å². The molecule has 1 aromatic heterocycles. The topological polar surface area (TPSA) is 78.4 Å². The second-order valence-corrected chi connectivity index (χ2v) is 10.8. The fourth-order valence-corrected chi connectivity index (χ4v) is 5.31. The van der Waals surface area contributed by atoms with E-state index in [1.165, 1.54) is 0 Å². The van der Waals surface area contributed by atoms with E-state index < -0.39 is 24.7 Å². The summed E-state index contributed by atoms with van der Waals surface area (Å²) in [6.07, 6.45) is -2.04. The smallest absolute Gasteiger partial charge is 0.350 e. The molecule has 1 saturated heterocycles. The van der Waals surface area contributed by atoms with E-state index in [-0.39, 0.29) is 43.3 Å². The first-order valence-electron chi connectivity index (χ1n) is 13.9. The molecule has 2 heterocycles. The van der Waals surface area contributed by atoms with Gasteiger partial charge in [-0.15, -0.1) is 0 Å². The number of amides is 2. The van der Waals surface area contributed by atoms with E-state index in [4.69, 9.17) is 0 Å². The third kappa shape index (κ3) is 7.91. The van der Waals surface area contributed by atoms with Crippen molar-refractivity contribution in [3.63, 3.8) is 0 Å². The van der Waals surface area contributed by atoms with Gasteiger partial charge in [0.25, 0.3) is 0 Å². The average Bonchev–Trinajstić information content (AvgIpc) is 2.96. The number of nitrogens with one attached hydrogen (secondary N) is 1. The van der Waals surface area contributed by atoms with E-state index >= 15 is 0 Å². The summed E-state index contributed by atoms with van der Waals surface area (Å²) in [5.41, 5.74) is 2.46. The quantitative estimate of drug-likeness (QED) is 0.375. The Morgan fingerprint density at radius 2 is 1.63 bits per heavy atom. The number of hydrogen-bond acceptors (Lipinski definition) is 5. The van der Waals surface area contributed by atoms with E-state index in [0.717, 1.165) is 16.7 Å². The van der Waals surface area contributed by atoms with Crippen LogP contribution >= 0.6 is 0 Å². The molecule has 0 aliphatic carbocycles. The lowest BCUT2D eigenvalue weighted by atomic mass is 9.95. The Balaban J connectivity index is 1.53. The molecule has 2 aromatic carbocycles. The molecule has 0 bridgehead atoms. The third-order valence-electron chi connectivity index (χ3n) is 7.34. The maximum atomic E-state index is 13.6. The molecule has 4 rings (SSSR count). The summed E-state index contributed by atoms with van der Waals surface area (Å²) in [5, 5.41) is 2.96. The Bertz CT molecular complexity index is 1290. The Morgan fingerprint density at radius 3 is 2.24 bits per heavy atom. The van der Waals surface area contributed by atoms with Crippen molar-refractivity contribution in [1.82, 2.24) is 25.1 Å². The Labute approximate surface area is 238 Å². The maximum Gasteiger partial charge on any atom is 0.389 e. The minimum atomic E-state index is -4.30. The van der Waals surface area contributed by atoms with Gasteiger partial charge in [-0.3, -0.25) is 14.5 Å². The lowest BCUT2D eigenvalue weighted by Crippen LogP contribution is -2.65. The number of aromatic nitrogens is 2. The molecule has 1 N–H and O–H groups in total. The van der Waals surface area contributed by atoms with E-state index in [0.29, 0.717) is 12.4 Å². The molecule has 2 amide bonds. The van der Waals surface area contributed by atoms with Gasteiger partial charge < -0.3 is 10.2 Å². The van der Waals surface area contributed by atoms with Crippen LogP contribution < -0.4 is 5.32 Å². The van der Waals surface area contributed by atoms with Gasteiger partial charge in [0.1, 0.15) is 6.04 Å². The summed E-state index contributed by atoms with van der Waals surface area (Å²) in [7, 11) is 0. The van der Waals surface area contributed by atoms with Crippen molar-refractivity contribution in [2.24, 2.45) is 5.92 Å². The highest BCUT2D eigenvalue weighted by molar-refractivity contribution is 5.89. The van der Waals surface area contributed by atoms with Crippen molar-refractivity contribution < 1.29 is 22.8 Å². The lowest BCUT2D eigenvalue weighted by molar-refractivity contribution is -0.152. The first kappa shape index (κ1) is 30.2. The van der Waals surface area contributed by atoms with E-state index in [2.05, 4.69) is 15.3 Å². The van der Waals surface area contributed by atoms with Crippen LogP contribution in [0.4, 0.5) is 13.2 Å². The second kappa shape index (κ2) is 13.2. The first-order valence-corrected chi connectivity index (χ1v) is 13.9. The minimum Gasteiger partial charge on any atom is -0.350 e. The first-order chi connectivity index (χ1) is 19.5. The van der Waals surface area contributed by atoms with Gasteiger partial charge in [0, 0.05) is 62.0 Å². The monoisotopic (exact) mass is 567 g/mol. The number of carbonyl (C=O) groups is 2. The van der Waals surface area contributed by atoms with Gasteiger partial charge in [-0.05, 0) is 30.5 Å². The maximum absolute atomic E-state index is 13.6. The molecule has 1 fully saturated rings. The Morgan fingerprint density at radius 1 is 0.976 bits per heavy atom. The molecule has 0 radical (unpaired) electrons. The Hall–Kier alpha value is -3.79. The van der Waals surface area contributed by atoms with Crippen LogP contribution in [0.1, 0.15) is 50.8 Å². The molecule has 41 heavy (non-hydrogen) atoms. The minimum absolute atomic E-state index is 0.135. The molecule has 1 aliphatic rings. The van der Waals surface area contributed by atoms with Gasteiger partial charge in [0.15, 0.2) is 5.82 Å². The fraction of sp³-hybridized carbons (Fsp3) is 0.419. The highest BCUT2D eigenvalue weighted by Crippen LogP contribution is 2.34. The number of rotatable bonds is 9. The van der Waals surface area contributed by atoms with Crippen LogP contribution in [0.2, 0.25) is 0 Å². The highest BCUT2D eigenvalue weighted by Gasteiger charge is 2.42. The van der Waals surface area contributed by atoms with Crippen LogP contribution in [-0.2, 0) is 16.1 Å². The molecule has 1 aliphatic heterocycles. The molecule has 3 atom stereocenters. The third-order valence-corrected chi connectivity index (χ3v) is 7.34. The summed E-state index contributed by atoms with van der Waals surface area (Å²) >= 11 is 0. The highest BCUT2D eigenvalue weighted by atomic mass is 19.4. The van der Waals surface area contributed by atoms with Crippen molar-refractivity contribution in [3.05, 3.63) is 84.2 Å². The fourth-order valence-electron chi connectivity index (χ4n) is 5.31. The molecule has 10 heteroatoms. The molecule has 7 nitrogen and oxygen atoms in total. The Kier molecular flexibility index (Phi) is 9.75. The van der Waals surface area contributed by atoms with Crippen molar-refractivity contribution in [2.75, 3.05) is 13.1 Å². The van der Waals surface area contributed by atoms with Crippen LogP contribution in [-0.4, -0.2) is 62.9 Å². The van der Waals surface area contributed by atoms with Gasteiger partial charge in [0.2, 0.25) is 11.8 Å². The van der Waals surface area contributed by atoms with Crippen LogP contribution in [0.5, 0.6) is 0 Å².